The smallest absolute Gasteiger partial charge is 0.225 e. The highest BCUT2D eigenvalue weighted by Gasteiger charge is 2.26. The van der Waals surface area contributed by atoms with Crippen molar-refractivity contribution in [2.75, 3.05) is 31.2 Å². The molecule has 2 N–H and O–H groups in total. The highest BCUT2D eigenvalue weighted by Crippen LogP contribution is 2.26. The first-order valence-corrected chi connectivity index (χ1v) is 9.70. The van der Waals surface area contributed by atoms with Gasteiger partial charge in [0, 0.05) is 62.8 Å². The summed E-state index contributed by atoms with van der Waals surface area (Å²) in [6.45, 7) is 3.24. The summed E-state index contributed by atoms with van der Waals surface area (Å²) in [6.07, 6.45) is 9.57. The third-order valence-corrected chi connectivity index (χ3v) is 5.34. The molecule has 2 fully saturated rings. The maximum atomic E-state index is 12.2. The van der Waals surface area contributed by atoms with Crippen molar-refractivity contribution < 1.29 is 9.53 Å². The van der Waals surface area contributed by atoms with E-state index < -0.39 is 0 Å². The highest BCUT2D eigenvalue weighted by molar-refractivity contribution is 5.76. The lowest BCUT2D eigenvalue weighted by molar-refractivity contribution is -0.121. The maximum absolute atomic E-state index is 12.2. The van der Waals surface area contributed by atoms with Crippen LogP contribution in [0.1, 0.15) is 42.9 Å². The van der Waals surface area contributed by atoms with E-state index in [-0.39, 0.29) is 11.9 Å². The fourth-order valence-electron chi connectivity index (χ4n) is 3.77. The van der Waals surface area contributed by atoms with E-state index in [2.05, 4.69) is 25.4 Å². The highest BCUT2D eigenvalue weighted by atomic mass is 16.5. The van der Waals surface area contributed by atoms with Gasteiger partial charge in [-0.25, -0.2) is 9.97 Å². The van der Waals surface area contributed by atoms with Gasteiger partial charge < -0.3 is 15.0 Å². The monoisotopic (exact) mass is 370 g/mol. The van der Waals surface area contributed by atoms with E-state index in [1.54, 1.807) is 6.20 Å². The van der Waals surface area contributed by atoms with Crippen LogP contribution in [0, 0.1) is 0 Å². The number of carbonyl (C=O) groups is 1. The van der Waals surface area contributed by atoms with Crippen molar-refractivity contribution in [1.82, 2.24) is 25.5 Å². The fraction of sp³-hybridized carbons (Fsp3) is 0.579. The largest absolute Gasteiger partial charge is 0.381 e. The van der Waals surface area contributed by atoms with Gasteiger partial charge in [-0.15, -0.1) is 0 Å². The Morgan fingerprint density at radius 1 is 1.33 bits per heavy atom. The van der Waals surface area contributed by atoms with Crippen molar-refractivity contribution in [3.8, 4) is 0 Å². The Bertz CT molecular complexity index is 744. The Morgan fingerprint density at radius 3 is 3.04 bits per heavy atom. The van der Waals surface area contributed by atoms with Crippen LogP contribution in [0.25, 0.3) is 0 Å². The Labute approximate surface area is 158 Å². The summed E-state index contributed by atoms with van der Waals surface area (Å²) < 4.78 is 5.45. The molecule has 2 aliphatic heterocycles. The van der Waals surface area contributed by atoms with Crippen LogP contribution in [-0.2, 0) is 16.0 Å². The zero-order valence-corrected chi connectivity index (χ0v) is 15.4. The third-order valence-electron chi connectivity index (χ3n) is 5.34. The molecule has 2 aromatic heterocycles. The quantitative estimate of drug-likeness (QED) is 0.798. The van der Waals surface area contributed by atoms with Gasteiger partial charge in [0.1, 0.15) is 0 Å². The molecule has 2 aromatic rings. The van der Waals surface area contributed by atoms with Gasteiger partial charge >= 0.3 is 0 Å². The van der Waals surface area contributed by atoms with E-state index >= 15 is 0 Å². The van der Waals surface area contributed by atoms with E-state index in [4.69, 9.17) is 9.72 Å². The number of hydrogen-bond acceptors (Lipinski definition) is 6. The molecule has 4 rings (SSSR count). The van der Waals surface area contributed by atoms with E-state index in [1.807, 2.05) is 18.5 Å². The molecule has 4 heterocycles. The Hall–Kier alpha value is -2.48. The van der Waals surface area contributed by atoms with E-state index in [9.17, 15) is 4.79 Å². The Kier molecular flexibility index (Phi) is 5.62. The number of carbonyl (C=O) groups excluding carboxylic acids is 1. The molecule has 27 heavy (non-hydrogen) atoms. The number of aryl methyl sites for hydroxylation is 1. The molecule has 1 atom stereocenters. The first-order valence-electron chi connectivity index (χ1n) is 9.70. The molecule has 0 saturated carbocycles. The number of H-pyrrole nitrogens is 1. The lowest BCUT2D eigenvalue weighted by atomic mass is 9.96. The summed E-state index contributed by atoms with van der Waals surface area (Å²) in [4.78, 5) is 23.6. The van der Waals surface area contributed by atoms with Gasteiger partial charge in [0.25, 0.3) is 0 Å². The summed E-state index contributed by atoms with van der Waals surface area (Å²) in [5, 5.41) is 9.81. The molecule has 2 aliphatic rings. The van der Waals surface area contributed by atoms with E-state index in [0.29, 0.717) is 18.8 Å². The number of nitrogens with zero attached hydrogens (tertiary/aromatic N) is 4. The molecule has 2 saturated heterocycles. The van der Waals surface area contributed by atoms with Crippen molar-refractivity contribution in [3.05, 3.63) is 35.9 Å². The third kappa shape index (κ3) is 4.63. The summed E-state index contributed by atoms with van der Waals surface area (Å²) in [5.41, 5.74) is 2.16. The van der Waals surface area contributed by atoms with Gasteiger partial charge in [-0.1, -0.05) is 0 Å². The van der Waals surface area contributed by atoms with Crippen molar-refractivity contribution in [1.29, 1.82) is 0 Å². The van der Waals surface area contributed by atoms with Crippen molar-refractivity contribution >= 4 is 11.9 Å². The van der Waals surface area contributed by atoms with Gasteiger partial charge in [-0.3, -0.25) is 9.89 Å². The summed E-state index contributed by atoms with van der Waals surface area (Å²) >= 11 is 0. The summed E-state index contributed by atoms with van der Waals surface area (Å²) in [5.74, 6) is 1.32. The molecule has 144 valence electrons. The molecule has 1 amide bonds. The SMILES string of the molecule is O=C(CCc1cn[nH]c1)NC1CCN(c2nccc(C3CCOCC3)n2)C1. The minimum atomic E-state index is 0.0833. The van der Waals surface area contributed by atoms with E-state index in [1.165, 1.54) is 0 Å². The zero-order valence-electron chi connectivity index (χ0n) is 15.4. The maximum Gasteiger partial charge on any atom is 0.225 e. The second-order valence-electron chi connectivity index (χ2n) is 7.27. The topological polar surface area (TPSA) is 96.0 Å². The van der Waals surface area contributed by atoms with Gasteiger partial charge in [0.15, 0.2) is 0 Å². The first-order chi connectivity index (χ1) is 13.3. The number of nitrogens with one attached hydrogen (secondary N) is 2. The second-order valence-corrected chi connectivity index (χ2v) is 7.27. The van der Waals surface area contributed by atoms with Crippen molar-refractivity contribution in [3.63, 3.8) is 0 Å². The van der Waals surface area contributed by atoms with Crippen LogP contribution in [0.3, 0.4) is 0 Å². The summed E-state index contributed by atoms with van der Waals surface area (Å²) in [6, 6.07) is 2.17. The van der Waals surface area contributed by atoms with Gasteiger partial charge in [-0.05, 0) is 37.3 Å². The van der Waals surface area contributed by atoms with Crippen molar-refractivity contribution in [2.45, 2.75) is 44.1 Å². The number of ether oxygens (including phenoxy) is 1. The number of hydrogen-bond donors (Lipinski definition) is 2. The number of amides is 1. The molecule has 1 unspecified atom stereocenters. The molecular weight excluding hydrogens is 344 g/mol. The standard InChI is InChI=1S/C19H26N6O2/c26-18(2-1-14-11-21-22-12-14)23-16-4-8-25(13-16)19-20-7-3-17(24-19)15-5-9-27-10-6-15/h3,7,11-12,15-16H,1-2,4-6,8-10,13H2,(H,21,22)(H,23,26). The molecule has 0 aliphatic carbocycles. The van der Waals surface area contributed by atoms with Gasteiger partial charge in [0.05, 0.1) is 6.20 Å². The first kappa shape index (κ1) is 17.9. The number of anilines is 1. The van der Waals surface area contributed by atoms with Crippen LogP contribution < -0.4 is 10.2 Å². The second kappa shape index (κ2) is 8.47. The van der Waals surface area contributed by atoms with E-state index in [0.717, 1.165) is 62.8 Å². The molecule has 0 radical (unpaired) electrons. The van der Waals surface area contributed by atoms with Crippen LogP contribution >= 0.6 is 0 Å². The molecule has 0 aromatic carbocycles. The summed E-state index contributed by atoms with van der Waals surface area (Å²) in [7, 11) is 0. The Morgan fingerprint density at radius 2 is 2.22 bits per heavy atom. The molecule has 8 nitrogen and oxygen atoms in total. The van der Waals surface area contributed by atoms with Crippen LogP contribution in [0.4, 0.5) is 5.95 Å². The number of rotatable bonds is 6. The average Bonchev–Trinajstić information content (AvgIpc) is 3.39. The van der Waals surface area contributed by atoms with Gasteiger partial charge in [-0.2, -0.15) is 5.10 Å². The van der Waals surface area contributed by atoms with Crippen LogP contribution in [0.15, 0.2) is 24.7 Å². The zero-order chi connectivity index (χ0) is 18.5. The van der Waals surface area contributed by atoms with Crippen molar-refractivity contribution in [2.24, 2.45) is 0 Å². The molecule has 8 heteroatoms. The minimum Gasteiger partial charge on any atom is -0.381 e. The fourth-order valence-corrected chi connectivity index (χ4v) is 3.77. The van der Waals surface area contributed by atoms with Crippen LogP contribution in [-0.4, -0.2) is 58.4 Å². The Balaban J connectivity index is 1.29. The number of aromatic nitrogens is 4. The lowest BCUT2D eigenvalue weighted by Gasteiger charge is -2.23. The minimum absolute atomic E-state index is 0.0833. The molecule has 0 spiro atoms. The predicted molar refractivity (Wildman–Crippen MR) is 100 cm³/mol. The normalized spacial score (nSPS) is 20.7. The average molecular weight is 370 g/mol. The molecular formula is C19H26N6O2. The van der Waals surface area contributed by atoms with Crippen LogP contribution in [0.2, 0.25) is 0 Å². The number of aromatic amines is 1. The van der Waals surface area contributed by atoms with Crippen LogP contribution in [0.5, 0.6) is 0 Å². The van der Waals surface area contributed by atoms with Gasteiger partial charge in [0.2, 0.25) is 11.9 Å². The molecule has 0 bridgehead atoms. The lowest BCUT2D eigenvalue weighted by Crippen LogP contribution is -2.37. The predicted octanol–water partition coefficient (Wildman–Crippen LogP) is 1.42.